The van der Waals surface area contributed by atoms with E-state index in [0.29, 0.717) is 12.2 Å². The summed E-state index contributed by atoms with van der Waals surface area (Å²) in [4.78, 5) is 20.1. The smallest absolute Gasteiger partial charge is 0.276 e. The summed E-state index contributed by atoms with van der Waals surface area (Å²) in [5.74, 6) is -0.0793. The van der Waals surface area contributed by atoms with Crippen molar-refractivity contribution in [1.82, 2.24) is 19.6 Å². The Morgan fingerprint density at radius 1 is 1.00 bits per heavy atom. The molecule has 1 fully saturated rings. The second-order valence-electron chi connectivity index (χ2n) is 8.02. The predicted molar refractivity (Wildman–Crippen MR) is 117 cm³/mol. The molecule has 0 bridgehead atoms. The van der Waals surface area contributed by atoms with Gasteiger partial charge < -0.3 is 20.0 Å². The number of carbonyl (C=O) groups excluding carboxylic acids is 1. The maximum absolute atomic E-state index is 12.8. The summed E-state index contributed by atoms with van der Waals surface area (Å²) in [7, 11) is 2.20. The molecular weight excluding hydrogens is 364 g/mol. The molecule has 1 amide bonds. The first-order chi connectivity index (χ1) is 14.2. The molecule has 2 aliphatic heterocycles. The lowest BCUT2D eigenvalue weighted by Crippen LogP contribution is -2.44. The van der Waals surface area contributed by atoms with Crippen LogP contribution in [0, 0.1) is 0 Å². The number of benzene rings is 1. The molecule has 2 aliphatic rings. The van der Waals surface area contributed by atoms with E-state index in [1.165, 1.54) is 45.6 Å². The molecule has 3 heterocycles. The molecule has 0 spiro atoms. The lowest BCUT2D eigenvalue weighted by atomic mass is 10.1. The van der Waals surface area contributed by atoms with Crippen molar-refractivity contribution in [3.05, 3.63) is 36.2 Å². The summed E-state index contributed by atoms with van der Waals surface area (Å²) >= 11 is 0. The third-order valence-corrected chi connectivity index (χ3v) is 6.02. The van der Waals surface area contributed by atoms with Crippen molar-refractivity contribution in [3.63, 3.8) is 0 Å². The average molecular weight is 397 g/mol. The fourth-order valence-electron chi connectivity index (χ4n) is 4.27. The number of aromatic nitrogens is 2. The molecule has 7 heteroatoms. The van der Waals surface area contributed by atoms with Crippen LogP contribution in [-0.4, -0.2) is 71.8 Å². The van der Waals surface area contributed by atoms with Crippen molar-refractivity contribution in [1.29, 1.82) is 0 Å². The van der Waals surface area contributed by atoms with Gasteiger partial charge in [-0.2, -0.15) is 5.10 Å². The number of para-hydroxylation sites is 2. The van der Waals surface area contributed by atoms with E-state index in [1.807, 2.05) is 31.3 Å². The number of hydrogen-bond acceptors (Lipinski definition) is 5. The monoisotopic (exact) mass is 396 g/mol. The first-order valence-electron chi connectivity index (χ1n) is 10.8. The van der Waals surface area contributed by atoms with Gasteiger partial charge in [0.2, 0.25) is 0 Å². The highest BCUT2D eigenvalue weighted by Gasteiger charge is 2.28. The molecule has 1 aromatic carbocycles. The summed E-state index contributed by atoms with van der Waals surface area (Å²) in [5, 5.41) is 7.51. The Balaban J connectivity index is 1.42. The fraction of sp³-hybridized carbons (Fsp3) is 0.545. The number of fused-ring (bicyclic) bond motifs is 2. The molecule has 29 heavy (non-hydrogen) atoms. The number of nitrogens with zero attached hydrogens (tertiary/aromatic N) is 5. The number of aryl methyl sites for hydroxylation is 1. The van der Waals surface area contributed by atoms with Gasteiger partial charge in [-0.25, -0.2) is 0 Å². The highest BCUT2D eigenvalue weighted by Crippen LogP contribution is 2.37. The van der Waals surface area contributed by atoms with Crippen molar-refractivity contribution in [3.8, 4) is 0 Å². The van der Waals surface area contributed by atoms with Gasteiger partial charge in [0, 0.05) is 39.3 Å². The maximum Gasteiger partial charge on any atom is 0.276 e. The van der Waals surface area contributed by atoms with Gasteiger partial charge in [-0.15, -0.1) is 0 Å². The third-order valence-electron chi connectivity index (χ3n) is 6.02. The van der Waals surface area contributed by atoms with Crippen molar-refractivity contribution in [2.75, 3.05) is 56.5 Å². The van der Waals surface area contributed by atoms with Crippen LogP contribution in [0.2, 0.25) is 0 Å². The van der Waals surface area contributed by atoms with Gasteiger partial charge in [-0.05, 0) is 45.5 Å². The minimum atomic E-state index is -0.0793. The molecule has 4 rings (SSSR count). The largest absolute Gasteiger partial charge is 0.337 e. The molecule has 1 aromatic heterocycles. The predicted octanol–water partition coefficient (Wildman–Crippen LogP) is 3.02. The standard InChI is InChI=1S/C22H32N6O/c1-3-28-21-20(17-23-28)27(19-10-6-5-9-18(19)24-22(21)29)12-8-4-7-11-26-15-13-25(2)14-16-26/h5-6,9-10,17H,3-4,7-8,11-16H2,1-2H3,(H,24,29). The average Bonchev–Trinajstić information content (AvgIpc) is 3.12. The van der Waals surface area contributed by atoms with Gasteiger partial charge in [0.25, 0.3) is 5.91 Å². The van der Waals surface area contributed by atoms with E-state index in [0.717, 1.165) is 30.0 Å². The number of unbranched alkanes of at least 4 members (excludes halogenated alkanes) is 2. The van der Waals surface area contributed by atoms with E-state index >= 15 is 0 Å². The van der Waals surface area contributed by atoms with E-state index in [1.54, 1.807) is 4.68 Å². The summed E-state index contributed by atoms with van der Waals surface area (Å²) < 4.78 is 1.79. The van der Waals surface area contributed by atoms with E-state index in [9.17, 15) is 4.79 Å². The molecule has 0 aliphatic carbocycles. The number of carbonyl (C=O) groups is 1. The Hall–Kier alpha value is -2.38. The second kappa shape index (κ2) is 8.97. The minimum Gasteiger partial charge on any atom is -0.337 e. The molecule has 1 N–H and O–H groups in total. The van der Waals surface area contributed by atoms with E-state index in [2.05, 4.69) is 38.2 Å². The number of nitrogens with one attached hydrogen (secondary N) is 1. The Bertz CT molecular complexity index is 840. The molecule has 2 aromatic rings. The first-order valence-corrected chi connectivity index (χ1v) is 10.8. The highest BCUT2D eigenvalue weighted by molar-refractivity contribution is 6.11. The van der Waals surface area contributed by atoms with Crippen molar-refractivity contribution >= 4 is 23.0 Å². The van der Waals surface area contributed by atoms with Crippen LogP contribution in [-0.2, 0) is 6.54 Å². The molecule has 0 atom stereocenters. The lowest BCUT2D eigenvalue weighted by molar-refractivity contribution is 0.101. The van der Waals surface area contributed by atoms with Gasteiger partial charge in [-0.3, -0.25) is 9.48 Å². The van der Waals surface area contributed by atoms with Crippen LogP contribution in [0.4, 0.5) is 17.1 Å². The van der Waals surface area contributed by atoms with Gasteiger partial charge in [0.15, 0.2) is 0 Å². The molecule has 0 unspecified atom stereocenters. The van der Waals surface area contributed by atoms with Crippen LogP contribution in [0.25, 0.3) is 0 Å². The van der Waals surface area contributed by atoms with Crippen LogP contribution in [0.15, 0.2) is 30.5 Å². The summed E-state index contributed by atoms with van der Waals surface area (Å²) in [6.07, 6.45) is 5.33. The quantitative estimate of drug-likeness (QED) is 0.729. The third kappa shape index (κ3) is 4.31. The van der Waals surface area contributed by atoms with Gasteiger partial charge in [-0.1, -0.05) is 18.6 Å². The second-order valence-corrected chi connectivity index (χ2v) is 8.02. The van der Waals surface area contributed by atoms with E-state index in [4.69, 9.17) is 0 Å². The van der Waals surface area contributed by atoms with Gasteiger partial charge in [0.1, 0.15) is 5.69 Å². The van der Waals surface area contributed by atoms with Gasteiger partial charge >= 0.3 is 0 Å². The maximum atomic E-state index is 12.8. The topological polar surface area (TPSA) is 56.6 Å². The molecule has 0 saturated carbocycles. The molecule has 7 nitrogen and oxygen atoms in total. The Kier molecular flexibility index (Phi) is 6.16. The van der Waals surface area contributed by atoms with Crippen LogP contribution < -0.4 is 10.2 Å². The number of piperazine rings is 1. The lowest BCUT2D eigenvalue weighted by Gasteiger charge is -2.32. The summed E-state index contributed by atoms with van der Waals surface area (Å²) in [6.45, 7) is 9.48. The van der Waals surface area contributed by atoms with Crippen molar-refractivity contribution < 1.29 is 4.79 Å². The van der Waals surface area contributed by atoms with Crippen LogP contribution in [0.3, 0.4) is 0 Å². The minimum absolute atomic E-state index is 0.0793. The zero-order chi connectivity index (χ0) is 20.2. The van der Waals surface area contributed by atoms with Crippen molar-refractivity contribution in [2.45, 2.75) is 32.7 Å². The molecule has 156 valence electrons. The number of anilines is 3. The summed E-state index contributed by atoms with van der Waals surface area (Å²) in [6, 6.07) is 8.05. The van der Waals surface area contributed by atoms with E-state index < -0.39 is 0 Å². The Morgan fingerprint density at radius 3 is 2.55 bits per heavy atom. The SMILES string of the molecule is CCn1ncc2c1C(=O)Nc1ccccc1N2CCCCCN1CCN(C)CC1. The van der Waals surface area contributed by atoms with E-state index in [-0.39, 0.29) is 5.91 Å². The number of amides is 1. The normalized spacial score (nSPS) is 17.6. The zero-order valence-electron chi connectivity index (χ0n) is 17.6. The molecular formula is C22H32N6O. The fourth-order valence-corrected chi connectivity index (χ4v) is 4.27. The zero-order valence-corrected chi connectivity index (χ0v) is 17.6. The Labute approximate surface area is 173 Å². The number of likely N-dealkylation sites (N-methyl/N-ethyl adjacent to an activating group) is 1. The summed E-state index contributed by atoms with van der Waals surface area (Å²) in [5.41, 5.74) is 3.48. The first kappa shape index (κ1) is 19.9. The molecule has 0 radical (unpaired) electrons. The van der Waals surface area contributed by atoms with Crippen molar-refractivity contribution in [2.24, 2.45) is 0 Å². The van der Waals surface area contributed by atoms with Crippen LogP contribution in [0.1, 0.15) is 36.7 Å². The number of hydrogen-bond donors (Lipinski definition) is 1. The van der Waals surface area contributed by atoms with Crippen LogP contribution in [0.5, 0.6) is 0 Å². The number of rotatable bonds is 7. The Morgan fingerprint density at radius 2 is 1.76 bits per heavy atom. The highest BCUT2D eigenvalue weighted by atomic mass is 16.2. The van der Waals surface area contributed by atoms with Crippen LogP contribution >= 0.6 is 0 Å². The molecule has 1 saturated heterocycles. The van der Waals surface area contributed by atoms with Gasteiger partial charge in [0.05, 0.1) is 23.3 Å².